The number of aryl methyl sites for hydroxylation is 2. The topological polar surface area (TPSA) is 50.1 Å². The van der Waals surface area contributed by atoms with Crippen molar-refractivity contribution in [3.8, 4) is 11.1 Å². The zero-order valence-corrected chi connectivity index (χ0v) is 10.1. The van der Waals surface area contributed by atoms with Crippen LogP contribution in [0.15, 0.2) is 30.6 Å². The van der Waals surface area contributed by atoms with E-state index in [0.717, 1.165) is 23.2 Å². The summed E-state index contributed by atoms with van der Waals surface area (Å²) in [5, 5.41) is 16.0. The molecule has 90 valence electrons. The summed E-state index contributed by atoms with van der Waals surface area (Å²) >= 11 is 0. The highest BCUT2D eigenvalue weighted by Gasteiger charge is 2.05. The molecule has 0 aliphatic carbocycles. The zero-order valence-electron chi connectivity index (χ0n) is 10.1. The number of aliphatic hydroxyl groups is 1. The molecule has 0 atom stereocenters. The van der Waals surface area contributed by atoms with Crippen molar-refractivity contribution in [2.75, 3.05) is 12.0 Å². The molecule has 2 aromatic rings. The lowest BCUT2D eigenvalue weighted by molar-refractivity contribution is 0.325. The second-order valence-electron chi connectivity index (χ2n) is 3.96. The lowest BCUT2D eigenvalue weighted by atomic mass is 10.0. The fourth-order valence-electron chi connectivity index (χ4n) is 1.89. The highest BCUT2D eigenvalue weighted by molar-refractivity contribution is 5.67. The first-order valence-electron chi connectivity index (χ1n) is 5.71. The number of nitrogens with zero attached hydrogens (tertiary/aromatic N) is 2. The van der Waals surface area contributed by atoms with E-state index in [1.807, 2.05) is 31.6 Å². The van der Waals surface area contributed by atoms with E-state index in [-0.39, 0.29) is 6.73 Å². The van der Waals surface area contributed by atoms with Crippen molar-refractivity contribution in [2.45, 2.75) is 13.3 Å². The summed E-state index contributed by atoms with van der Waals surface area (Å²) in [5.74, 6) is 0. The summed E-state index contributed by atoms with van der Waals surface area (Å²) in [6, 6.07) is 6.17. The number of nitrogens with one attached hydrogen (secondary N) is 1. The van der Waals surface area contributed by atoms with Gasteiger partial charge in [0.05, 0.1) is 6.20 Å². The minimum absolute atomic E-state index is 0.0424. The van der Waals surface area contributed by atoms with E-state index in [4.69, 9.17) is 5.11 Å². The monoisotopic (exact) mass is 231 g/mol. The third-order valence-electron chi connectivity index (χ3n) is 2.79. The summed E-state index contributed by atoms with van der Waals surface area (Å²) in [6.45, 7) is 2.06. The van der Waals surface area contributed by atoms with Gasteiger partial charge in [0, 0.05) is 24.5 Å². The third-order valence-corrected chi connectivity index (χ3v) is 2.79. The Hall–Kier alpha value is -1.81. The number of rotatable bonds is 4. The molecule has 0 aliphatic rings. The van der Waals surface area contributed by atoms with E-state index < -0.39 is 0 Å². The first kappa shape index (κ1) is 11.7. The van der Waals surface area contributed by atoms with Gasteiger partial charge in [-0.1, -0.05) is 13.0 Å². The molecule has 0 amide bonds. The maximum Gasteiger partial charge on any atom is 0.113 e. The van der Waals surface area contributed by atoms with Crippen molar-refractivity contribution in [3.63, 3.8) is 0 Å². The maximum atomic E-state index is 8.90. The molecule has 2 N–H and O–H groups in total. The molecule has 0 bridgehead atoms. The summed E-state index contributed by atoms with van der Waals surface area (Å²) in [4.78, 5) is 0. The van der Waals surface area contributed by atoms with Crippen LogP contribution in [0.5, 0.6) is 0 Å². The number of hydrogen-bond donors (Lipinski definition) is 2. The Morgan fingerprint density at radius 3 is 2.76 bits per heavy atom. The van der Waals surface area contributed by atoms with Crippen molar-refractivity contribution in [2.24, 2.45) is 7.05 Å². The van der Waals surface area contributed by atoms with E-state index in [2.05, 4.69) is 23.4 Å². The van der Waals surface area contributed by atoms with Gasteiger partial charge in [-0.15, -0.1) is 0 Å². The smallest absolute Gasteiger partial charge is 0.113 e. The fourth-order valence-corrected chi connectivity index (χ4v) is 1.89. The Bertz CT molecular complexity index is 505. The van der Waals surface area contributed by atoms with Gasteiger partial charge >= 0.3 is 0 Å². The molecule has 1 heterocycles. The zero-order chi connectivity index (χ0) is 12.3. The average Bonchev–Trinajstić information content (AvgIpc) is 2.77. The van der Waals surface area contributed by atoms with Crippen LogP contribution in [-0.2, 0) is 13.5 Å². The number of aromatic nitrogens is 2. The highest BCUT2D eigenvalue weighted by Crippen LogP contribution is 2.25. The number of hydrogen-bond acceptors (Lipinski definition) is 3. The van der Waals surface area contributed by atoms with E-state index in [9.17, 15) is 0 Å². The molecular formula is C13H17N3O. The van der Waals surface area contributed by atoms with Crippen molar-refractivity contribution in [1.82, 2.24) is 9.78 Å². The molecule has 17 heavy (non-hydrogen) atoms. The van der Waals surface area contributed by atoms with Crippen LogP contribution in [0.4, 0.5) is 5.69 Å². The second kappa shape index (κ2) is 5.01. The summed E-state index contributed by atoms with van der Waals surface area (Å²) in [6.07, 6.45) is 4.78. The van der Waals surface area contributed by atoms with Gasteiger partial charge in [0.15, 0.2) is 0 Å². The lowest BCUT2D eigenvalue weighted by Crippen LogP contribution is -2.02. The molecular weight excluding hydrogens is 214 g/mol. The van der Waals surface area contributed by atoms with Gasteiger partial charge in [0.2, 0.25) is 0 Å². The van der Waals surface area contributed by atoms with Crippen molar-refractivity contribution >= 4 is 5.69 Å². The Morgan fingerprint density at radius 2 is 2.18 bits per heavy atom. The van der Waals surface area contributed by atoms with Gasteiger partial charge in [-0.2, -0.15) is 5.10 Å². The van der Waals surface area contributed by atoms with Crippen LogP contribution >= 0.6 is 0 Å². The molecule has 4 heteroatoms. The molecule has 0 radical (unpaired) electrons. The lowest BCUT2D eigenvalue weighted by Gasteiger charge is -2.10. The average molecular weight is 231 g/mol. The number of aliphatic hydroxyl groups excluding tert-OH is 1. The van der Waals surface area contributed by atoms with Crippen LogP contribution in [0, 0.1) is 0 Å². The normalized spacial score (nSPS) is 10.5. The van der Waals surface area contributed by atoms with Gasteiger partial charge in [0.25, 0.3) is 0 Å². The quantitative estimate of drug-likeness (QED) is 0.791. The minimum Gasteiger partial charge on any atom is -0.377 e. The molecule has 4 nitrogen and oxygen atoms in total. The van der Waals surface area contributed by atoms with Crippen LogP contribution in [0.2, 0.25) is 0 Å². The molecule has 2 rings (SSSR count). The molecule has 0 saturated carbocycles. The standard InChI is InChI=1S/C13H17N3O/c1-3-10-6-11(4-5-13(10)14-9-17)12-7-15-16(2)8-12/h4-8,14,17H,3,9H2,1-2H3. The van der Waals surface area contributed by atoms with Gasteiger partial charge in [-0.05, 0) is 29.7 Å². The fraction of sp³-hybridized carbons (Fsp3) is 0.308. The van der Waals surface area contributed by atoms with E-state index in [1.165, 1.54) is 5.56 Å². The Kier molecular flexibility index (Phi) is 3.44. The van der Waals surface area contributed by atoms with Crippen LogP contribution in [0.25, 0.3) is 11.1 Å². The Morgan fingerprint density at radius 1 is 1.35 bits per heavy atom. The first-order valence-corrected chi connectivity index (χ1v) is 5.71. The number of anilines is 1. The van der Waals surface area contributed by atoms with E-state index >= 15 is 0 Å². The molecule has 0 unspecified atom stereocenters. The van der Waals surface area contributed by atoms with Crippen LogP contribution in [0.3, 0.4) is 0 Å². The maximum absolute atomic E-state index is 8.90. The molecule has 1 aromatic heterocycles. The van der Waals surface area contributed by atoms with Crippen LogP contribution in [-0.4, -0.2) is 21.6 Å². The Balaban J connectivity index is 2.37. The second-order valence-corrected chi connectivity index (χ2v) is 3.96. The molecule has 0 fully saturated rings. The third kappa shape index (κ3) is 2.47. The molecule has 0 spiro atoms. The SMILES string of the molecule is CCc1cc(-c2cnn(C)c2)ccc1NCO. The van der Waals surface area contributed by atoms with E-state index in [0.29, 0.717) is 0 Å². The van der Waals surface area contributed by atoms with Crippen molar-refractivity contribution < 1.29 is 5.11 Å². The van der Waals surface area contributed by atoms with Crippen LogP contribution in [0.1, 0.15) is 12.5 Å². The Labute approximate surface area is 101 Å². The predicted octanol–water partition coefficient (Wildman–Crippen LogP) is 2.01. The first-order chi connectivity index (χ1) is 8.24. The van der Waals surface area contributed by atoms with Gasteiger partial charge in [0.1, 0.15) is 6.73 Å². The largest absolute Gasteiger partial charge is 0.377 e. The number of benzene rings is 1. The van der Waals surface area contributed by atoms with Gasteiger partial charge in [-0.25, -0.2) is 0 Å². The summed E-state index contributed by atoms with van der Waals surface area (Å²) < 4.78 is 1.79. The van der Waals surface area contributed by atoms with E-state index in [1.54, 1.807) is 4.68 Å². The summed E-state index contributed by atoms with van der Waals surface area (Å²) in [5.41, 5.74) is 4.44. The predicted molar refractivity (Wildman–Crippen MR) is 68.7 cm³/mol. The molecule has 1 aromatic carbocycles. The highest BCUT2D eigenvalue weighted by atomic mass is 16.3. The van der Waals surface area contributed by atoms with Gasteiger partial charge < -0.3 is 10.4 Å². The van der Waals surface area contributed by atoms with Crippen molar-refractivity contribution in [1.29, 1.82) is 0 Å². The molecule has 0 saturated heterocycles. The summed E-state index contributed by atoms with van der Waals surface area (Å²) in [7, 11) is 1.91. The minimum atomic E-state index is -0.0424. The van der Waals surface area contributed by atoms with Crippen LogP contribution < -0.4 is 5.32 Å². The van der Waals surface area contributed by atoms with Gasteiger partial charge in [-0.3, -0.25) is 4.68 Å². The molecule has 0 aliphatic heterocycles. The van der Waals surface area contributed by atoms with Crippen molar-refractivity contribution in [3.05, 3.63) is 36.2 Å².